The van der Waals surface area contributed by atoms with Gasteiger partial charge in [-0.3, -0.25) is 0 Å². The monoisotopic (exact) mass is 438 g/mol. The van der Waals surface area contributed by atoms with Gasteiger partial charge in [0.05, 0.1) is 0 Å². The number of halogens is 1. The molecule has 0 aromatic heterocycles. The van der Waals surface area contributed by atoms with Crippen molar-refractivity contribution in [3.05, 3.63) is 54.4 Å². The first-order valence-corrected chi connectivity index (χ1v) is 13.3. The van der Waals surface area contributed by atoms with Crippen molar-refractivity contribution in [2.45, 2.75) is 89.9 Å². The zero-order valence-electron chi connectivity index (χ0n) is 20.1. The fourth-order valence-electron chi connectivity index (χ4n) is 7.17. The van der Waals surface area contributed by atoms with Crippen molar-refractivity contribution in [2.75, 3.05) is 6.61 Å². The summed E-state index contributed by atoms with van der Waals surface area (Å²) in [7, 11) is 0. The van der Waals surface area contributed by atoms with E-state index < -0.39 is 0 Å². The van der Waals surface area contributed by atoms with Crippen LogP contribution < -0.4 is 4.74 Å². The fraction of sp³-hybridized carbons (Fsp3) is 0.667. The van der Waals surface area contributed by atoms with E-state index in [1.165, 1.54) is 70.6 Å². The molecule has 4 rings (SSSR count). The van der Waals surface area contributed by atoms with Crippen LogP contribution >= 0.6 is 0 Å². The lowest BCUT2D eigenvalue weighted by atomic mass is 9.60. The highest BCUT2D eigenvalue weighted by Crippen LogP contribution is 2.51. The Morgan fingerprint density at radius 1 is 0.938 bits per heavy atom. The maximum absolute atomic E-state index is 14.8. The van der Waals surface area contributed by atoms with E-state index in [2.05, 4.69) is 25.7 Å². The van der Waals surface area contributed by atoms with Crippen molar-refractivity contribution in [2.24, 2.45) is 29.6 Å². The van der Waals surface area contributed by atoms with E-state index in [9.17, 15) is 4.39 Å². The summed E-state index contributed by atoms with van der Waals surface area (Å²) in [6.45, 7) is 6.21. The summed E-state index contributed by atoms with van der Waals surface area (Å²) in [5, 5.41) is 0. The Bertz CT molecular complexity index is 760. The van der Waals surface area contributed by atoms with E-state index >= 15 is 0 Å². The van der Waals surface area contributed by atoms with Crippen molar-refractivity contribution in [1.82, 2.24) is 0 Å². The Morgan fingerprint density at radius 2 is 1.62 bits per heavy atom. The highest BCUT2D eigenvalue weighted by Gasteiger charge is 2.39. The Kier molecular flexibility index (Phi) is 8.49. The quantitative estimate of drug-likeness (QED) is 0.368. The van der Waals surface area contributed by atoms with Crippen LogP contribution in [-0.2, 0) is 0 Å². The van der Waals surface area contributed by atoms with Gasteiger partial charge in [0.25, 0.3) is 0 Å². The molecule has 0 aliphatic heterocycles. The van der Waals surface area contributed by atoms with Crippen LogP contribution in [0.5, 0.6) is 5.75 Å². The van der Waals surface area contributed by atoms with E-state index in [1.807, 2.05) is 12.1 Å². The molecule has 0 bridgehead atoms. The third-order valence-electron chi connectivity index (χ3n) is 8.97. The summed E-state index contributed by atoms with van der Waals surface area (Å²) in [5.74, 6) is 5.50. The van der Waals surface area contributed by atoms with Gasteiger partial charge >= 0.3 is 0 Å². The molecule has 1 aromatic carbocycles. The molecule has 2 heteroatoms. The summed E-state index contributed by atoms with van der Waals surface area (Å²) < 4.78 is 20.3. The third-order valence-corrected chi connectivity index (χ3v) is 8.97. The summed E-state index contributed by atoms with van der Waals surface area (Å²) in [6.07, 6.45) is 22.6. The normalized spacial score (nSPS) is 33.1. The van der Waals surface area contributed by atoms with Gasteiger partial charge in [-0.25, -0.2) is 4.39 Å². The molecule has 3 saturated carbocycles. The van der Waals surface area contributed by atoms with E-state index in [0.717, 1.165) is 41.6 Å². The summed E-state index contributed by atoms with van der Waals surface area (Å²) >= 11 is 0. The van der Waals surface area contributed by atoms with Gasteiger partial charge in [0.1, 0.15) is 18.2 Å². The highest BCUT2D eigenvalue weighted by molar-refractivity contribution is 5.31. The second-order valence-corrected chi connectivity index (χ2v) is 10.8. The van der Waals surface area contributed by atoms with Gasteiger partial charge in [-0.2, -0.15) is 0 Å². The fourth-order valence-corrected chi connectivity index (χ4v) is 7.17. The van der Waals surface area contributed by atoms with Gasteiger partial charge in [0.2, 0.25) is 0 Å². The van der Waals surface area contributed by atoms with Crippen molar-refractivity contribution in [3.8, 4) is 5.75 Å². The predicted molar refractivity (Wildman–Crippen MR) is 133 cm³/mol. The Morgan fingerprint density at radius 3 is 2.34 bits per heavy atom. The van der Waals surface area contributed by atoms with Crippen LogP contribution in [0.15, 0.2) is 43.0 Å². The maximum Gasteiger partial charge on any atom is 0.130 e. The number of hydrogen-bond donors (Lipinski definition) is 0. The predicted octanol–water partition coefficient (Wildman–Crippen LogP) is 8.85. The Labute approximate surface area is 195 Å². The minimum absolute atomic E-state index is 0.0881. The molecule has 32 heavy (non-hydrogen) atoms. The number of ether oxygens (including phenoxy) is 1. The van der Waals surface area contributed by atoms with Gasteiger partial charge in [0, 0.05) is 6.07 Å². The van der Waals surface area contributed by atoms with E-state index in [1.54, 1.807) is 12.1 Å². The Hall–Kier alpha value is -1.57. The minimum Gasteiger partial charge on any atom is -0.489 e. The molecule has 4 atom stereocenters. The van der Waals surface area contributed by atoms with Crippen molar-refractivity contribution in [3.63, 3.8) is 0 Å². The lowest BCUT2D eigenvalue weighted by Gasteiger charge is -2.45. The molecule has 3 fully saturated rings. The molecule has 176 valence electrons. The van der Waals surface area contributed by atoms with Gasteiger partial charge in [0.15, 0.2) is 0 Å². The molecule has 3 aliphatic rings. The van der Waals surface area contributed by atoms with Crippen molar-refractivity contribution in [1.29, 1.82) is 0 Å². The number of allylic oxidation sites excluding steroid dienone is 2. The topological polar surface area (TPSA) is 9.23 Å². The standard InChI is InChI=1S/C30H43FO/c1-3-5-6-7-22-8-10-23(11-9-22)24-12-13-26-20-27(15-14-25(26)19-24)29-17-16-28(21-30(29)31)32-18-4-2/h3-5,16-17,21-27H,2,6-15,18-20H2,1H3/b5-3+. The minimum atomic E-state index is -0.0881. The molecule has 0 saturated heterocycles. The van der Waals surface area contributed by atoms with Crippen LogP contribution in [0.4, 0.5) is 4.39 Å². The van der Waals surface area contributed by atoms with Crippen molar-refractivity contribution < 1.29 is 9.13 Å². The Balaban J connectivity index is 1.26. The summed E-state index contributed by atoms with van der Waals surface area (Å²) in [6, 6.07) is 5.47. The molecular formula is C30H43FO. The van der Waals surface area contributed by atoms with E-state index in [-0.39, 0.29) is 5.82 Å². The number of benzene rings is 1. The van der Waals surface area contributed by atoms with E-state index in [0.29, 0.717) is 18.3 Å². The second-order valence-electron chi connectivity index (χ2n) is 10.8. The number of fused-ring (bicyclic) bond motifs is 1. The van der Waals surface area contributed by atoms with Gasteiger partial charge in [-0.15, -0.1) is 0 Å². The van der Waals surface area contributed by atoms with Crippen LogP contribution in [0.25, 0.3) is 0 Å². The second kappa shape index (κ2) is 11.5. The lowest BCUT2D eigenvalue weighted by Crippen LogP contribution is -2.34. The molecule has 1 nitrogen and oxygen atoms in total. The van der Waals surface area contributed by atoms with Crippen molar-refractivity contribution >= 4 is 0 Å². The largest absolute Gasteiger partial charge is 0.489 e. The van der Waals surface area contributed by atoms with Gasteiger partial charge < -0.3 is 4.74 Å². The van der Waals surface area contributed by atoms with Crippen LogP contribution in [0, 0.1) is 35.4 Å². The summed E-state index contributed by atoms with van der Waals surface area (Å²) in [5.41, 5.74) is 0.910. The average molecular weight is 439 g/mol. The first-order valence-electron chi connectivity index (χ1n) is 13.3. The molecular weight excluding hydrogens is 395 g/mol. The third kappa shape index (κ3) is 5.86. The zero-order valence-corrected chi connectivity index (χ0v) is 20.1. The van der Waals surface area contributed by atoms with Gasteiger partial charge in [-0.05, 0) is 118 Å². The van der Waals surface area contributed by atoms with E-state index in [4.69, 9.17) is 4.74 Å². The number of hydrogen-bond acceptors (Lipinski definition) is 1. The first-order chi connectivity index (χ1) is 15.7. The molecule has 4 unspecified atom stereocenters. The summed E-state index contributed by atoms with van der Waals surface area (Å²) in [4.78, 5) is 0. The highest BCUT2D eigenvalue weighted by atomic mass is 19.1. The SMILES string of the molecule is C=CCOc1ccc(C2CCC3CC(C4CCC(CC/C=C/C)CC4)CCC3C2)c(F)c1. The van der Waals surface area contributed by atoms with Crippen LogP contribution in [-0.4, -0.2) is 6.61 Å². The van der Waals surface area contributed by atoms with Crippen LogP contribution in [0.1, 0.15) is 95.5 Å². The maximum atomic E-state index is 14.8. The molecule has 1 aromatic rings. The molecule has 0 N–H and O–H groups in total. The van der Waals surface area contributed by atoms with Crippen LogP contribution in [0.3, 0.4) is 0 Å². The first kappa shape index (κ1) is 23.6. The number of rotatable bonds is 8. The molecule has 3 aliphatic carbocycles. The lowest BCUT2D eigenvalue weighted by molar-refractivity contribution is 0.0709. The van der Waals surface area contributed by atoms with Gasteiger partial charge in [-0.1, -0.05) is 43.7 Å². The zero-order chi connectivity index (χ0) is 22.3. The smallest absolute Gasteiger partial charge is 0.130 e. The molecule has 0 amide bonds. The molecule has 0 heterocycles. The molecule has 0 radical (unpaired) electrons. The molecule has 0 spiro atoms. The average Bonchev–Trinajstić information content (AvgIpc) is 2.83. The van der Waals surface area contributed by atoms with Crippen LogP contribution in [0.2, 0.25) is 0 Å².